The van der Waals surface area contributed by atoms with E-state index in [-0.39, 0.29) is 18.1 Å². The van der Waals surface area contributed by atoms with Crippen molar-refractivity contribution in [2.75, 3.05) is 6.54 Å². The third-order valence-electron chi connectivity index (χ3n) is 4.35. The number of nitrogens with zero attached hydrogens (tertiary/aromatic N) is 2. The lowest BCUT2D eigenvalue weighted by atomic mass is 9.95. The van der Waals surface area contributed by atoms with Crippen molar-refractivity contribution in [2.45, 2.75) is 25.5 Å². The zero-order valence-electron chi connectivity index (χ0n) is 15.1. The number of rotatable bonds is 6. The largest absolute Gasteiger partial charge is 0.376 e. The second kappa shape index (κ2) is 7.85. The first kappa shape index (κ1) is 19.0. The molecule has 2 N–H and O–H groups in total. The van der Waals surface area contributed by atoms with Gasteiger partial charge in [0.1, 0.15) is 5.69 Å². The smallest absolute Gasteiger partial charge is 0.267 e. The van der Waals surface area contributed by atoms with Crippen molar-refractivity contribution >= 4 is 17.2 Å². The van der Waals surface area contributed by atoms with E-state index in [1.807, 2.05) is 23.6 Å². The topological polar surface area (TPSA) is 84.2 Å². The Morgan fingerprint density at radius 1 is 1.22 bits per heavy atom. The van der Waals surface area contributed by atoms with E-state index in [4.69, 9.17) is 0 Å². The average Bonchev–Trinajstić information content (AvgIpc) is 3.21. The van der Waals surface area contributed by atoms with Crippen LogP contribution >= 0.6 is 11.3 Å². The molecule has 0 aliphatic carbocycles. The van der Waals surface area contributed by atoms with Crippen LogP contribution in [0.4, 0.5) is 0 Å². The molecule has 3 rings (SSSR count). The molecule has 0 fully saturated rings. The summed E-state index contributed by atoms with van der Waals surface area (Å²) in [4.78, 5) is 25.6. The van der Waals surface area contributed by atoms with E-state index in [0.717, 1.165) is 4.88 Å². The number of aromatic nitrogens is 2. The summed E-state index contributed by atoms with van der Waals surface area (Å²) in [5, 5.41) is 19.6. The van der Waals surface area contributed by atoms with E-state index in [2.05, 4.69) is 10.4 Å². The summed E-state index contributed by atoms with van der Waals surface area (Å²) in [7, 11) is 0. The Morgan fingerprint density at radius 3 is 2.63 bits per heavy atom. The third-order valence-corrected chi connectivity index (χ3v) is 5.24. The first-order chi connectivity index (χ1) is 12.9. The van der Waals surface area contributed by atoms with Crippen LogP contribution in [0.3, 0.4) is 0 Å². The summed E-state index contributed by atoms with van der Waals surface area (Å²) in [6.07, 6.45) is 0. The Bertz CT molecular complexity index is 966. The summed E-state index contributed by atoms with van der Waals surface area (Å²) >= 11 is 1.54. The normalized spacial score (nSPS) is 14.3. The maximum atomic E-state index is 12.5. The fraction of sp³-hybridized carbons (Fsp3) is 0.250. The molecule has 1 aromatic carbocycles. The molecule has 2 aromatic heterocycles. The molecule has 0 saturated carbocycles. The monoisotopic (exact) mass is 383 g/mol. The highest BCUT2D eigenvalue weighted by Crippen LogP contribution is 2.22. The van der Waals surface area contributed by atoms with Gasteiger partial charge in [-0.2, -0.15) is 5.10 Å². The highest BCUT2D eigenvalue weighted by atomic mass is 32.1. The fourth-order valence-corrected chi connectivity index (χ4v) is 3.38. The maximum absolute atomic E-state index is 12.5. The first-order valence-electron chi connectivity index (χ1n) is 8.59. The van der Waals surface area contributed by atoms with Gasteiger partial charge in [0.2, 0.25) is 0 Å². The first-order valence-corrected chi connectivity index (χ1v) is 9.47. The molecule has 0 bridgehead atoms. The van der Waals surface area contributed by atoms with Crippen molar-refractivity contribution in [1.29, 1.82) is 0 Å². The summed E-state index contributed by atoms with van der Waals surface area (Å²) in [5.74, 6) is -0.525. The van der Waals surface area contributed by atoms with Crippen LogP contribution < -0.4 is 10.9 Å². The average molecular weight is 383 g/mol. The molecule has 0 unspecified atom stereocenters. The van der Waals surface area contributed by atoms with Crippen LogP contribution in [0.2, 0.25) is 0 Å². The van der Waals surface area contributed by atoms with Gasteiger partial charge in [0.05, 0.1) is 10.9 Å². The standard InChI is InChI=1S/C20H21N3O3S/c1-14(13-21-19(25)20(2,26)15-7-4-3-5-8-15)23-18(24)11-10-16(22-23)17-9-6-12-27-17/h3-12,14,26H,13H2,1-2H3,(H,21,25)/t14-,20+/m1/s1. The van der Waals surface area contributed by atoms with Crippen LogP contribution in [0, 0.1) is 0 Å². The number of thiophene rings is 1. The molecule has 7 heteroatoms. The van der Waals surface area contributed by atoms with Gasteiger partial charge in [0.15, 0.2) is 5.60 Å². The predicted molar refractivity (Wildman–Crippen MR) is 106 cm³/mol. The molecule has 27 heavy (non-hydrogen) atoms. The number of aliphatic hydroxyl groups is 1. The number of hydrogen-bond acceptors (Lipinski definition) is 5. The molecule has 0 saturated heterocycles. The van der Waals surface area contributed by atoms with E-state index < -0.39 is 11.5 Å². The molecular weight excluding hydrogens is 362 g/mol. The number of carbonyl (C=O) groups excluding carboxylic acids is 1. The molecule has 1 amide bonds. The van der Waals surface area contributed by atoms with E-state index in [1.165, 1.54) is 17.7 Å². The molecule has 0 radical (unpaired) electrons. The second-order valence-electron chi connectivity index (χ2n) is 6.48. The van der Waals surface area contributed by atoms with Crippen molar-refractivity contribution in [2.24, 2.45) is 0 Å². The third kappa shape index (κ3) is 4.15. The van der Waals surface area contributed by atoms with Crippen LogP contribution in [0.5, 0.6) is 0 Å². The summed E-state index contributed by atoms with van der Waals surface area (Å²) in [5.41, 5.74) is -0.686. The summed E-state index contributed by atoms with van der Waals surface area (Å²) < 4.78 is 1.35. The van der Waals surface area contributed by atoms with E-state index in [9.17, 15) is 14.7 Å². The number of carbonyl (C=O) groups is 1. The minimum Gasteiger partial charge on any atom is -0.376 e. The predicted octanol–water partition coefficient (Wildman–Crippen LogP) is 2.56. The molecule has 6 nitrogen and oxygen atoms in total. The molecule has 2 atom stereocenters. The minimum atomic E-state index is -1.65. The zero-order valence-corrected chi connectivity index (χ0v) is 15.9. The van der Waals surface area contributed by atoms with Crippen molar-refractivity contribution < 1.29 is 9.90 Å². The second-order valence-corrected chi connectivity index (χ2v) is 7.42. The number of amides is 1. The van der Waals surface area contributed by atoms with Crippen LogP contribution in [0.15, 0.2) is 64.8 Å². The van der Waals surface area contributed by atoms with Gasteiger partial charge in [0.25, 0.3) is 11.5 Å². The van der Waals surface area contributed by atoms with Gasteiger partial charge in [-0.15, -0.1) is 11.3 Å². The number of benzene rings is 1. The van der Waals surface area contributed by atoms with Gasteiger partial charge in [-0.3, -0.25) is 9.59 Å². The molecular formula is C20H21N3O3S. The molecule has 0 aliphatic rings. The van der Waals surface area contributed by atoms with Crippen LogP contribution in [-0.2, 0) is 10.4 Å². The lowest BCUT2D eigenvalue weighted by molar-refractivity contribution is -0.139. The van der Waals surface area contributed by atoms with Crippen molar-refractivity contribution in [3.05, 3.63) is 75.9 Å². The van der Waals surface area contributed by atoms with Crippen LogP contribution in [0.1, 0.15) is 25.5 Å². The quantitative estimate of drug-likeness (QED) is 0.685. The fourth-order valence-electron chi connectivity index (χ4n) is 2.69. The molecule has 0 spiro atoms. The zero-order chi connectivity index (χ0) is 19.4. The lowest BCUT2D eigenvalue weighted by Crippen LogP contribution is -2.44. The Morgan fingerprint density at radius 2 is 1.96 bits per heavy atom. The highest BCUT2D eigenvalue weighted by molar-refractivity contribution is 7.13. The Balaban J connectivity index is 1.72. The van der Waals surface area contributed by atoms with Crippen LogP contribution in [0.25, 0.3) is 10.6 Å². The van der Waals surface area contributed by atoms with E-state index >= 15 is 0 Å². The van der Waals surface area contributed by atoms with Gasteiger partial charge in [-0.25, -0.2) is 4.68 Å². The number of hydrogen-bond donors (Lipinski definition) is 2. The SMILES string of the molecule is C[C@H](CNC(=O)[C@@](C)(O)c1ccccc1)n1nc(-c2cccs2)ccc1=O. The van der Waals surface area contributed by atoms with Gasteiger partial charge in [0, 0.05) is 12.6 Å². The number of nitrogens with one attached hydrogen (secondary N) is 1. The maximum Gasteiger partial charge on any atom is 0.267 e. The van der Waals surface area contributed by atoms with Gasteiger partial charge in [-0.05, 0) is 36.9 Å². The van der Waals surface area contributed by atoms with Gasteiger partial charge >= 0.3 is 0 Å². The summed E-state index contributed by atoms with van der Waals surface area (Å²) in [6, 6.07) is 15.4. The van der Waals surface area contributed by atoms with Crippen molar-refractivity contribution in [1.82, 2.24) is 15.1 Å². The highest BCUT2D eigenvalue weighted by Gasteiger charge is 2.32. The Hall–Kier alpha value is -2.77. The molecule has 0 aliphatic heterocycles. The summed E-state index contributed by atoms with van der Waals surface area (Å²) in [6.45, 7) is 3.41. The lowest BCUT2D eigenvalue weighted by Gasteiger charge is -2.24. The van der Waals surface area contributed by atoms with Crippen molar-refractivity contribution in [3.8, 4) is 10.6 Å². The van der Waals surface area contributed by atoms with Crippen molar-refractivity contribution in [3.63, 3.8) is 0 Å². The molecule has 3 aromatic rings. The van der Waals surface area contributed by atoms with Gasteiger partial charge < -0.3 is 10.4 Å². The Kier molecular flexibility index (Phi) is 5.53. The molecule has 2 heterocycles. The van der Waals surface area contributed by atoms with E-state index in [0.29, 0.717) is 11.3 Å². The minimum absolute atomic E-state index is 0.169. The van der Waals surface area contributed by atoms with Gasteiger partial charge in [-0.1, -0.05) is 36.4 Å². The van der Waals surface area contributed by atoms with Crippen LogP contribution in [-0.4, -0.2) is 27.3 Å². The van der Waals surface area contributed by atoms with E-state index in [1.54, 1.807) is 48.6 Å². The Labute approximate surface area is 161 Å². The molecule has 140 valence electrons.